The zero-order valence-corrected chi connectivity index (χ0v) is 15.9. The lowest BCUT2D eigenvalue weighted by atomic mass is 10.1. The Morgan fingerprint density at radius 1 is 1.41 bits per heavy atom. The van der Waals surface area contributed by atoms with Crippen LogP contribution in [-0.2, 0) is 22.7 Å². The predicted octanol–water partition coefficient (Wildman–Crippen LogP) is 0.990. The van der Waals surface area contributed by atoms with E-state index in [0.29, 0.717) is 26.2 Å². The van der Waals surface area contributed by atoms with Crippen LogP contribution >= 0.6 is 0 Å². The topological polar surface area (TPSA) is 92.4 Å². The number of furan rings is 1. The molecule has 2 aromatic heterocycles. The second-order valence-electron chi connectivity index (χ2n) is 6.98. The molecule has 0 aliphatic carbocycles. The summed E-state index contributed by atoms with van der Waals surface area (Å²) in [6, 6.07) is 3.34. The van der Waals surface area contributed by atoms with Crippen LogP contribution in [0.2, 0.25) is 0 Å². The predicted molar refractivity (Wildman–Crippen MR) is 99.9 cm³/mol. The van der Waals surface area contributed by atoms with Crippen LogP contribution in [0.1, 0.15) is 29.9 Å². The molecule has 2 N–H and O–H groups in total. The van der Waals surface area contributed by atoms with Crippen molar-refractivity contribution < 1.29 is 14.0 Å². The Morgan fingerprint density at radius 2 is 2.26 bits per heavy atom. The van der Waals surface area contributed by atoms with Crippen molar-refractivity contribution in [3.63, 3.8) is 0 Å². The molecule has 1 atom stereocenters. The number of hydrogen-bond donors (Lipinski definition) is 2. The monoisotopic (exact) mass is 373 g/mol. The average Bonchev–Trinajstić information content (AvgIpc) is 3.23. The molecule has 3 rings (SSSR count). The lowest BCUT2D eigenvalue weighted by Gasteiger charge is -2.34. The van der Waals surface area contributed by atoms with E-state index in [4.69, 9.17) is 4.42 Å². The van der Waals surface area contributed by atoms with Crippen LogP contribution in [0.3, 0.4) is 0 Å². The van der Waals surface area contributed by atoms with E-state index in [1.165, 1.54) is 0 Å². The van der Waals surface area contributed by atoms with E-state index in [1.807, 2.05) is 48.0 Å². The smallest absolute Gasteiger partial charge is 0.237 e. The lowest BCUT2D eigenvalue weighted by molar-refractivity contribution is -0.134. The van der Waals surface area contributed by atoms with Gasteiger partial charge in [0.05, 0.1) is 25.2 Å². The van der Waals surface area contributed by atoms with Gasteiger partial charge in [0.1, 0.15) is 11.5 Å². The van der Waals surface area contributed by atoms with Crippen molar-refractivity contribution in [1.82, 2.24) is 25.3 Å². The third-order valence-corrected chi connectivity index (χ3v) is 4.62. The summed E-state index contributed by atoms with van der Waals surface area (Å²) in [6.45, 7) is 7.00. The Balaban J connectivity index is 1.46. The van der Waals surface area contributed by atoms with Crippen LogP contribution in [-0.4, -0.2) is 52.2 Å². The fourth-order valence-corrected chi connectivity index (χ4v) is 3.25. The van der Waals surface area contributed by atoms with E-state index in [2.05, 4.69) is 15.7 Å². The molecule has 0 radical (unpaired) electrons. The van der Waals surface area contributed by atoms with E-state index in [1.54, 1.807) is 0 Å². The van der Waals surface area contributed by atoms with Gasteiger partial charge in [-0.3, -0.25) is 19.2 Å². The quantitative estimate of drug-likeness (QED) is 0.673. The molecule has 0 spiro atoms. The van der Waals surface area contributed by atoms with Gasteiger partial charge in [-0.25, -0.2) is 0 Å². The van der Waals surface area contributed by atoms with Gasteiger partial charge in [0, 0.05) is 32.4 Å². The van der Waals surface area contributed by atoms with Crippen LogP contribution < -0.4 is 10.6 Å². The maximum absolute atomic E-state index is 12.3. The summed E-state index contributed by atoms with van der Waals surface area (Å²) in [5.74, 6) is 1.43. The standard InChI is InChI=1S/C19H27N5O3/c1-14-11-22-24(12-14)8-3-6-20-18(25)10-17-19(26)21-7-9-23(17)13-16-5-4-15(2)27-16/h4-5,11-12,17H,3,6-10,13H2,1-2H3,(H,20,25)(H,21,26)/t17-/m0/s1. The molecular formula is C19H27N5O3. The number of piperazine rings is 1. The van der Waals surface area contributed by atoms with E-state index in [0.717, 1.165) is 30.0 Å². The lowest BCUT2D eigenvalue weighted by Crippen LogP contribution is -2.56. The third-order valence-electron chi connectivity index (χ3n) is 4.62. The van der Waals surface area contributed by atoms with Crippen molar-refractivity contribution in [2.75, 3.05) is 19.6 Å². The van der Waals surface area contributed by atoms with Crippen LogP contribution in [0.4, 0.5) is 0 Å². The van der Waals surface area contributed by atoms with Crippen molar-refractivity contribution >= 4 is 11.8 Å². The van der Waals surface area contributed by atoms with Gasteiger partial charge in [0.25, 0.3) is 0 Å². The Hall–Kier alpha value is -2.61. The van der Waals surface area contributed by atoms with Crippen LogP contribution in [0.5, 0.6) is 0 Å². The number of nitrogens with one attached hydrogen (secondary N) is 2. The number of carbonyl (C=O) groups is 2. The van der Waals surface area contributed by atoms with E-state index >= 15 is 0 Å². The maximum Gasteiger partial charge on any atom is 0.237 e. The fraction of sp³-hybridized carbons (Fsp3) is 0.526. The van der Waals surface area contributed by atoms with Crippen molar-refractivity contribution in [1.29, 1.82) is 0 Å². The van der Waals surface area contributed by atoms with Crippen molar-refractivity contribution in [3.05, 3.63) is 41.6 Å². The summed E-state index contributed by atoms with van der Waals surface area (Å²) in [4.78, 5) is 26.6. The first-order valence-corrected chi connectivity index (χ1v) is 9.34. The summed E-state index contributed by atoms with van der Waals surface area (Å²) in [7, 11) is 0. The molecule has 1 aliphatic rings. The molecule has 146 valence electrons. The minimum atomic E-state index is -0.474. The molecule has 8 heteroatoms. The highest BCUT2D eigenvalue weighted by molar-refractivity contribution is 5.88. The second kappa shape index (κ2) is 8.85. The Morgan fingerprint density at radius 3 is 2.96 bits per heavy atom. The normalized spacial score (nSPS) is 17.7. The van der Waals surface area contributed by atoms with Gasteiger partial charge in [0.15, 0.2) is 0 Å². The number of hydrogen-bond acceptors (Lipinski definition) is 5. The van der Waals surface area contributed by atoms with Gasteiger partial charge in [0.2, 0.25) is 11.8 Å². The number of carbonyl (C=O) groups excluding carboxylic acids is 2. The highest BCUT2D eigenvalue weighted by Crippen LogP contribution is 2.15. The largest absolute Gasteiger partial charge is 0.465 e. The molecule has 1 aliphatic heterocycles. The number of aromatic nitrogens is 2. The molecule has 1 saturated heterocycles. The Kier molecular flexibility index (Phi) is 6.28. The van der Waals surface area contributed by atoms with E-state index < -0.39 is 6.04 Å². The number of rotatable bonds is 8. The van der Waals surface area contributed by atoms with Gasteiger partial charge in [-0.1, -0.05) is 0 Å². The van der Waals surface area contributed by atoms with Crippen LogP contribution in [0, 0.1) is 13.8 Å². The summed E-state index contributed by atoms with van der Waals surface area (Å²) in [6.07, 6.45) is 4.73. The first-order valence-electron chi connectivity index (χ1n) is 9.34. The van der Waals surface area contributed by atoms with Gasteiger partial charge >= 0.3 is 0 Å². The van der Waals surface area contributed by atoms with Crippen molar-refractivity contribution in [3.8, 4) is 0 Å². The summed E-state index contributed by atoms with van der Waals surface area (Å²) in [5.41, 5.74) is 1.12. The van der Waals surface area contributed by atoms with Crippen LogP contribution in [0.15, 0.2) is 28.9 Å². The summed E-state index contributed by atoms with van der Waals surface area (Å²) in [5, 5.41) is 9.98. The first-order chi connectivity index (χ1) is 13.0. The molecule has 27 heavy (non-hydrogen) atoms. The molecule has 3 heterocycles. The van der Waals surface area contributed by atoms with Crippen LogP contribution in [0.25, 0.3) is 0 Å². The molecular weight excluding hydrogens is 346 g/mol. The zero-order valence-electron chi connectivity index (χ0n) is 15.9. The first kappa shape index (κ1) is 19.2. The zero-order chi connectivity index (χ0) is 19.2. The van der Waals surface area contributed by atoms with Crippen molar-refractivity contribution in [2.45, 2.75) is 45.8 Å². The second-order valence-corrected chi connectivity index (χ2v) is 6.98. The molecule has 8 nitrogen and oxygen atoms in total. The van der Waals surface area contributed by atoms with Crippen molar-refractivity contribution in [2.24, 2.45) is 0 Å². The molecule has 0 bridgehead atoms. The van der Waals surface area contributed by atoms with E-state index in [9.17, 15) is 9.59 Å². The molecule has 2 amide bonds. The van der Waals surface area contributed by atoms with Gasteiger partial charge in [-0.15, -0.1) is 0 Å². The molecule has 1 fully saturated rings. The summed E-state index contributed by atoms with van der Waals surface area (Å²) < 4.78 is 7.48. The van der Waals surface area contributed by atoms with E-state index in [-0.39, 0.29) is 18.2 Å². The highest BCUT2D eigenvalue weighted by Gasteiger charge is 2.32. The highest BCUT2D eigenvalue weighted by atomic mass is 16.3. The molecule has 0 saturated carbocycles. The molecule has 0 unspecified atom stereocenters. The Labute approximate surface area is 158 Å². The summed E-state index contributed by atoms with van der Waals surface area (Å²) >= 11 is 0. The Bertz CT molecular complexity index is 782. The van der Waals surface area contributed by atoms with Gasteiger partial charge in [-0.2, -0.15) is 5.10 Å². The minimum absolute atomic E-state index is 0.105. The minimum Gasteiger partial charge on any atom is -0.465 e. The number of nitrogens with zero attached hydrogens (tertiary/aromatic N) is 3. The maximum atomic E-state index is 12.3. The molecule has 2 aromatic rings. The average molecular weight is 373 g/mol. The fourth-order valence-electron chi connectivity index (χ4n) is 3.25. The molecule has 0 aromatic carbocycles. The third kappa shape index (κ3) is 5.43. The number of aryl methyl sites for hydroxylation is 3. The number of amides is 2. The van der Waals surface area contributed by atoms with Gasteiger partial charge in [-0.05, 0) is 38.0 Å². The van der Waals surface area contributed by atoms with Gasteiger partial charge < -0.3 is 15.1 Å². The SMILES string of the molecule is Cc1cnn(CCCNC(=O)C[C@H]2C(=O)NCCN2Cc2ccc(C)o2)c1.